The molecule has 7 rings (SSSR count). The Hall–Kier alpha value is -3.32. The lowest BCUT2D eigenvalue weighted by molar-refractivity contribution is -0.0134. The van der Waals surface area contributed by atoms with Crippen molar-refractivity contribution in [1.29, 1.82) is 0 Å². The minimum atomic E-state index is -0.0934. The Bertz CT molecular complexity index is 1240. The van der Waals surface area contributed by atoms with Crippen LogP contribution in [0.25, 0.3) is 16.4 Å². The van der Waals surface area contributed by atoms with E-state index in [1.165, 1.54) is 0 Å². The summed E-state index contributed by atoms with van der Waals surface area (Å²) in [5.41, 5.74) is 7.97. The van der Waals surface area contributed by atoms with Crippen molar-refractivity contribution in [1.82, 2.24) is 14.4 Å². The molecule has 0 unspecified atom stereocenters. The summed E-state index contributed by atoms with van der Waals surface area (Å²) in [7, 11) is 0. The van der Waals surface area contributed by atoms with Crippen LogP contribution in [-0.4, -0.2) is 39.7 Å². The minimum absolute atomic E-state index is 0.0934. The molecular weight excluding hydrogens is 378 g/mol. The van der Waals surface area contributed by atoms with Crippen LogP contribution in [0.3, 0.4) is 0 Å². The number of fused-ring (bicyclic) bond motifs is 3. The first kappa shape index (κ1) is 17.5. The second kappa shape index (κ2) is 6.34. The molecule has 2 saturated heterocycles. The molecule has 30 heavy (non-hydrogen) atoms. The van der Waals surface area contributed by atoms with E-state index in [-0.39, 0.29) is 11.0 Å². The average molecular weight is 401 g/mol. The van der Waals surface area contributed by atoms with Crippen LogP contribution < -0.4 is 15.8 Å². The zero-order valence-electron chi connectivity index (χ0n) is 16.5. The molecule has 2 bridgehead atoms. The van der Waals surface area contributed by atoms with Crippen LogP contribution in [0.5, 0.6) is 5.75 Å². The summed E-state index contributed by atoms with van der Waals surface area (Å²) >= 11 is 0. The number of hydrogen-bond acceptors (Lipinski definition) is 6. The second-order valence-electron chi connectivity index (χ2n) is 8.66. The number of nitrogen functional groups attached to an aromatic ring is 1. The van der Waals surface area contributed by atoms with Gasteiger partial charge < -0.3 is 24.9 Å². The van der Waals surface area contributed by atoms with Gasteiger partial charge in [-0.25, -0.2) is 9.97 Å². The van der Waals surface area contributed by atoms with Gasteiger partial charge >= 0.3 is 0 Å². The molecule has 7 heteroatoms. The van der Waals surface area contributed by atoms with Gasteiger partial charge in [0, 0.05) is 41.6 Å². The van der Waals surface area contributed by atoms with E-state index in [4.69, 9.17) is 15.2 Å². The molecule has 0 spiro atoms. The van der Waals surface area contributed by atoms with Gasteiger partial charge in [-0.15, -0.1) is 0 Å². The van der Waals surface area contributed by atoms with Gasteiger partial charge in [0.15, 0.2) is 0 Å². The van der Waals surface area contributed by atoms with E-state index in [0.29, 0.717) is 12.4 Å². The molecule has 1 saturated carbocycles. The summed E-state index contributed by atoms with van der Waals surface area (Å²) in [6.45, 7) is 2.22. The Morgan fingerprint density at radius 1 is 1.13 bits per heavy atom. The first-order valence-electron chi connectivity index (χ1n) is 10.2. The zero-order chi connectivity index (χ0) is 20.2. The second-order valence-corrected chi connectivity index (χ2v) is 8.66. The number of pyridine rings is 2. The number of nitrogens with zero attached hydrogens (tertiary/aromatic N) is 3. The fourth-order valence-corrected chi connectivity index (χ4v) is 4.94. The number of ether oxygens (including phenoxy) is 2. The molecule has 3 fully saturated rings. The van der Waals surface area contributed by atoms with Crippen LogP contribution in [0.15, 0.2) is 61.2 Å². The third-order valence-electron chi connectivity index (χ3n) is 6.40. The van der Waals surface area contributed by atoms with Gasteiger partial charge in [-0.2, -0.15) is 0 Å². The Kier molecular flexibility index (Phi) is 3.70. The SMILES string of the molecule is Nc1nccc2cc(NCC34CC(COc5ccc6nccn6c5)(CO3)C4)ccc12. The van der Waals surface area contributed by atoms with Crippen LogP contribution in [0.1, 0.15) is 12.8 Å². The largest absolute Gasteiger partial charge is 0.491 e. The highest BCUT2D eigenvalue weighted by Crippen LogP contribution is 2.57. The Morgan fingerprint density at radius 2 is 2.07 bits per heavy atom. The van der Waals surface area contributed by atoms with E-state index in [9.17, 15) is 0 Å². The summed E-state index contributed by atoms with van der Waals surface area (Å²) in [5.74, 6) is 1.43. The summed E-state index contributed by atoms with van der Waals surface area (Å²) in [4.78, 5) is 8.41. The van der Waals surface area contributed by atoms with Crippen LogP contribution in [0.4, 0.5) is 11.5 Å². The third kappa shape index (κ3) is 2.85. The Labute approximate surface area is 173 Å². The maximum absolute atomic E-state index is 6.20. The quantitative estimate of drug-likeness (QED) is 0.514. The molecule has 3 aliphatic rings. The van der Waals surface area contributed by atoms with Crippen molar-refractivity contribution in [2.75, 3.05) is 30.8 Å². The lowest BCUT2D eigenvalue weighted by Crippen LogP contribution is -2.51. The number of aromatic nitrogens is 3. The van der Waals surface area contributed by atoms with E-state index in [0.717, 1.165) is 53.8 Å². The van der Waals surface area contributed by atoms with Gasteiger partial charge in [-0.1, -0.05) is 0 Å². The van der Waals surface area contributed by atoms with Crippen molar-refractivity contribution in [3.8, 4) is 5.75 Å². The van der Waals surface area contributed by atoms with Crippen molar-refractivity contribution in [3.63, 3.8) is 0 Å². The van der Waals surface area contributed by atoms with Crippen LogP contribution in [0.2, 0.25) is 0 Å². The van der Waals surface area contributed by atoms with Gasteiger partial charge in [0.2, 0.25) is 0 Å². The summed E-state index contributed by atoms with van der Waals surface area (Å²) in [6, 6.07) is 12.1. The van der Waals surface area contributed by atoms with E-state index in [1.54, 1.807) is 12.4 Å². The van der Waals surface area contributed by atoms with E-state index in [2.05, 4.69) is 21.4 Å². The Balaban J connectivity index is 1.08. The smallest absolute Gasteiger partial charge is 0.136 e. The maximum atomic E-state index is 6.20. The zero-order valence-corrected chi connectivity index (χ0v) is 16.5. The van der Waals surface area contributed by atoms with Gasteiger partial charge in [-0.05, 0) is 54.6 Å². The number of anilines is 2. The molecule has 152 valence electrons. The molecule has 0 radical (unpaired) electrons. The fraction of sp³-hybridized carbons (Fsp3) is 0.304. The molecule has 7 nitrogen and oxygen atoms in total. The van der Waals surface area contributed by atoms with Crippen molar-refractivity contribution in [2.24, 2.45) is 5.41 Å². The summed E-state index contributed by atoms with van der Waals surface area (Å²) in [6.07, 6.45) is 9.47. The molecule has 1 aromatic carbocycles. The first-order chi connectivity index (χ1) is 14.6. The number of benzene rings is 1. The number of nitrogens with one attached hydrogen (secondary N) is 1. The average Bonchev–Trinajstić information content (AvgIpc) is 3.44. The number of hydrogen-bond donors (Lipinski definition) is 2. The highest BCUT2D eigenvalue weighted by Gasteiger charge is 2.62. The number of rotatable bonds is 6. The predicted octanol–water partition coefficient (Wildman–Crippen LogP) is 3.50. The normalized spacial score (nSPS) is 24.8. The molecule has 2 aliphatic heterocycles. The molecular formula is C23H23N5O2. The van der Waals surface area contributed by atoms with E-state index < -0.39 is 0 Å². The molecule has 0 atom stereocenters. The topological polar surface area (TPSA) is 86.7 Å². The lowest BCUT2D eigenvalue weighted by atomic mass is 9.63. The standard InChI is InChI=1S/C23H23N5O2/c24-21-19-3-1-17(9-16(19)5-6-26-21)27-13-23-11-22(12-23,15-30-23)14-29-18-2-4-20-25-7-8-28(20)10-18/h1-10,27H,11-15H2,(H2,24,26). The van der Waals surface area contributed by atoms with E-state index in [1.807, 2.05) is 47.1 Å². The highest BCUT2D eigenvalue weighted by molar-refractivity contribution is 5.92. The third-order valence-corrected chi connectivity index (χ3v) is 6.40. The number of nitrogens with two attached hydrogens (primary N) is 1. The van der Waals surface area contributed by atoms with Crippen molar-refractivity contribution >= 4 is 27.9 Å². The number of imidazole rings is 1. The summed E-state index contributed by atoms with van der Waals surface area (Å²) < 4.78 is 14.3. The summed E-state index contributed by atoms with van der Waals surface area (Å²) in [5, 5.41) is 5.61. The Morgan fingerprint density at radius 3 is 3.00 bits per heavy atom. The molecule has 4 aromatic rings. The minimum Gasteiger partial charge on any atom is -0.491 e. The van der Waals surface area contributed by atoms with Crippen LogP contribution >= 0.6 is 0 Å². The van der Waals surface area contributed by atoms with Gasteiger partial charge in [0.1, 0.15) is 17.2 Å². The van der Waals surface area contributed by atoms with Crippen LogP contribution in [-0.2, 0) is 4.74 Å². The lowest BCUT2D eigenvalue weighted by Gasteiger charge is -2.44. The van der Waals surface area contributed by atoms with Crippen molar-refractivity contribution in [2.45, 2.75) is 18.4 Å². The predicted molar refractivity (Wildman–Crippen MR) is 116 cm³/mol. The van der Waals surface area contributed by atoms with Crippen molar-refractivity contribution in [3.05, 3.63) is 61.2 Å². The van der Waals surface area contributed by atoms with Gasteiger partial charge in [-0.3, -0.25) is 0 Å². The molecule has 1 aliphatic carbocycles. The first-order valence-corrected chi connectivity index (χ1v) is 10.2. The molecule has 5 heterocycles. The van der Waals surface area contributed by atoms with Gasteiger partial charge in [0.25, 0.3) is 0 Å². The molecule has 3 N–H and O–H groups in total. The van der Waals surface area contributed by atoms with E-state index >= 15 is 0 Å². The van der Waals surface area contributed by atoms with Crippen molar-refractivity contribution < 1.29 is 9.47 Å². The monoisotopic (exact) mass is 401 g/mol. The maximum Gasteiger partial charge on any atom is 0.136 e. The van der Waals surface area contributed by atoms with Crippen LogP contribution in [0, 0.1) is 5.41 Å². The molecule has 0 amide bonds. The fourth-order valence-electron chi connectivity index (χ4n) is 4.94. The molecule has 3 aromatic heterocycles. The highest BCUT2D eigenvalue weighted by atomic mass is 16.5. The van der Waals surface area contributed by atoms with Gasteiger partial charge in [0.05, 0.1) is 25.0 Å².